The second kappa shape index (κ2) is 70.5. The van der Waals surface area contributed by atoms with Crippen LogP contribution in [0, 0.1) is 0 Å². The van der Waals surface area contributed by atoms with Gasteiger partial charge in [0.25, 0.3) is 0 Å². The lowest BCUT2D eigenvalue weighted by Crippen LogP contribution is -2.30. The van der Waals surface area contributed by atoms with Gasteiger partial charge in [0.05, 0.1) is 26.4 Å². The number of hydrogen-bond donors (Lipinski definition) is 3. The molecule has 0 fully saturated rings. The van der Waals surface area contributed by atoms with Gasteiger partial charge in [0.1, 0.15) is 19.3 Å². The lowest BCUT2D eigenvalue weighted by atomic mass is 10.0. The maximum atomic E-state index is 13.1. The maximum absolute atomic E-state index is 13.1. The van der Waals surface area contributed by atoms with Crippen LogP contribution in [0.4, 0.5) is 0 Å². The summed E-state index contributed by atoms with van der Waals surface area (Å²) in [5, 5.41) is 10.6. The fraction of sp³-hybridized carbons (Fsp3) is 0.947. The fourth-order valence-electron chi connectivity index (χ4n) is 11.8. The zero-order valence-electron chi connectivity index (χ0n) is 61.6. The van der Waals surface area contributed by atoms with Crippen LogP contribution in [-0.2, 0) is 65.4 Å². The molecule has 0 aliphatic heterocycles. The third kappa shape index (κ3) is 70.3. The molecule has 95 heavy (non-hydrogen) atoms. The molecular formula is C76H148O17P2. The minimum atomic E-state index is -4.95. The van der Waals surface area contributed by atoms with Crippen molar-refractivity contribution in [2.24, 2.45) is 0 Å². The first kappa shape index (κ1) is 93.1. The molecule has 0 radical (unpaired) electrons. The van der Waals surface area contributed by atoms with Crippen molar-refractivity contribution < 1.29 is 80.2 Å². The van der Waals surface area contributed by atoms with Crippen molar-refractivity contribution in [3.8, 4) is 0 Å². The Labute approximate surface area is 581 Å². The summed E-state index contributed by atoms with van der Waals surface area (Å²) in [5.74, 6) is -2.12. The summed E-state index contributed by atoms with van der Waals surface area (Å²) in [6.45, 7) is 4.94. The average molecular weight is 1400 g/mol. The van der Waals surface area contributed by atoms with Gasteiger partial charge in [0.2, 0.25) is 0 Å². The highest BCUT2D eigenvalue weighted by Gasteiger charge is 2.30. The van der Waals surface area contributed by atoms with E-state index in [2.05, 4.69) is 27.7 Å². The van der Waals surface area contributed by atoms with E-state index in [0.29, 0.717) is 25.7 Å². The van der Waals surface area contributed by atoms with Crippen molar-refractivity contribution in [2.45, 2.75) is 425 Å². The molecule has 0 rings (SSSR count). The first-order chi connectivity index (χ1) is 46.2. The Morgan fingerprint density at radius 2 is 0.421 bits per heavy atom. The number of carbonyl (C=O) groups excluding carboxylic acids is 4. The highest BCUT2D eigenvalue weighted by molar-refractivity contribution is 7.47. The van der Waals surface area contributed by atoms with Crippen LogP contribution in [0.25, 0.3) is 0 Å². The first-order valence-electron chi connectivity index (χ1n) is 39.8. The van der Waals surface area contributed by atoms with Crippen molar-refractivity contribution >= 4 is 39.5 Å². The largest absolute Gasteiger partial charge is 0.472 e. The van der Waals surface area contributed by atoms with E-state index in [1.54, 1.807) is 0 Å². The quantitative estimate of drug-likeness (QED) is 0.0222. The third-order valence-corrected chi connectivity index (χ3v) is 19.8. The molecule has 19 heteroatoms. The summed E-state index contributed by atoms with van der Waals surface area (Å²) in [7, 11) is -9.90. The van der Waals surface area contributed by atoms with Crippen LogP contribution in [0.2, 0.25) is 0 Å². The number of aliphatic hydroxyl groups is 1. The van der Waals surface area contributed by atoms with E-state index in [0.717, 1.165) is 103 Å². The Balaban J connectivity index is 5.14. The molecule has 17 nitrogen and oxygen atoms in total. The number of hydrogen-bond acceptors (Lipinski definition) is 15. The second-order valence-corrected chi connectivity index (χ2v) is 30.3. The first-order valence-corrected chi connectivity index (χ1v) is 42.8. The molecule has 0 saturated carbocycles. The van der Waals surface area contributed by atoms with Crippen LogP contribution in [0.3, 0.4) is 0 Å². The molecule has 0 bridgehead atoms. The van der Waals surface area contributed by atoms with Crippen LogP contribution >= 0.6 is 15.6 Å². The number of carbonyl (C=O) groups is 4. The van der Waals surface area contributed by atoms with Gasteiger partial charge in [-0.3, -0.25) is 37.3 Å². The van der Waals surface area contributed by atoms with E-state index >= 15 is 0 Å². The van der Waals surface area contributed by atoms with Crippen molar-refractivity contribution in [3.05, 3.63) is 0 Å². The van der Waals surface area contributed by atoms with Gasteiger partial charge in [0.15, 0.2) is 12.2 Å². The maximum Gasteiger partial charge on any atom is 0.472 e. The van der Waals surface area contributed by atoms with Gasteiger partial charge in [-0.25, -0.2) is 9.13 Å². The van der Waals surface area contributed by atoms with E-state index in [4.69, 9.17) is 37.0 Å². The Morgan fingerprint density at radius 1 is 0.253 bits per heavy atom. The van der Waals surface area contributed by atoms with Gasteiger partial charge < -0.3 is 33.8 Å². The molecule has 0 aromatic rings. The summed E-state index contributed by atoms with van der Waals surface area (Å²) in [4.78, 5) is 72.6. The molecule has 0 amide bonds. The normalized spacial score (nSPS) is 13.9. The van der Waals surface area contributed by atoms with Crippen LogP contribution < -0.4 is 0 Å². The highest BCUT2D eigenvalue weighted by Crippen LogP contribution is 2.45. The summed E-state index contributed by atoms with van der Waals surface area (Å²) < 4.78 is 68.4. The number of aliphatic hydroxyl groups excluding tert-OH is 1. The number of ether oxygens (including phenoxy) is 4. The lowest BCUT2D eigenvalue weighted by molar-refractivity contribution is -0.161. The van der Waals surface area contributed by atoms with Crippen molar-refractivity contribution in [1.29, 1.82) is 0 Å². The molecule has 0 aliphatic carbocycles. The molecule has 0 heterocycles. The van der Waals surface area contributed by atoms with Crippen LogP contribution in [0.15, 0.2) is 0 Å². The molecule has 0 aromatic carbocycles. The van der Waals surface area contributed by atoms with Gasteiger partial charge in [-0.2, -0.15) is 0 Å². The summed E-state index contributed by atoms with van der Waals surface area (Å²) in [6.07, 6.45) is 61.3. The average Bonchev–Trinajstić information content (AvgIpc) is 1.83. The van der Waals surface area contributed by atoms with E-state index < -0.39 is 97.5 Å². The van der Waals surface area contributed by atoms with Crippen LogP contribution in [0.1, 0.15) is 407 Å². The Morgan fingerprint density at radius 3 is 0.621 bits per heavy atom. The smallest absolute Gasteiger partial charge is 0.462 e. The van der Waals surface area contributed by atoms with Crippen LogP contribution in [-0.4, -0.2) is 96.7 Å². The monoisotopic (exact) mass is 1400 g/mol. The van der Waals surface area contributed by atoms with E-state index in [1.807, 2.05) is 0 Å². The topological polar surface area (TPSA) is 237 Å². The predicted octanol–water partition coefficient (Wildman–Crippen LogP) is 22.6. The molecule has 0 spiro atoms. The molecule has 0 aromatic heterocycles. The van der Waals surface area contributed by atoms with Gasteiger partial charge in [-0.1, -0.05) is 355 Å². The predicted molar refractivity (Wildman–Crippen MR) is 386 cm³/mol. The van der Waals surface area contributed by atoms with Crippen molar-refractivity contribution in [2.75, 3.05) is 39.6 Å². The summed E-state index contributed by atoms with van der Waals surface area (Å²) >= 11 is 0. The number of unbranched alkanes of at least 4 members (excludes halogenated alkanes) is 51. The molecule has 5 atom stereocenters. The number of phosphoric acid groups is 2. The molecule has 0 saturated heterocycles. The Hall–Kier alpha value is -1.94. The minimum absolute atomic E-state index is 0.107. The number of phosphoric ester groups is 2. The molecule has 3 N–H and O–H groups in total. The van der Waals surface area contributed by atoms with E-state index in [9.17, 15) is 43.2 Å². The van der Waals surface area contributed by atoms with Gasteiger partial charge >= 0.3 is 39.5 Å². The Kier molecular flexibility index (Phi) is 69.1. The fourth-order valence-corrected chi connectivity index (χ4v) is 13.3. The second-order valence-electron chi connectivity index (χ2n) is 27.4. The summed E-state index contributed by atoms with van der Waals surface area (Å²) in [6, 6.07) is 0. The SMILES string of the molecule is CCCCCCCCCCCCCCCCCCCCCCCCC(=O)O[C@H](COC(=O)CCCCCCCCCCCCCCCCC)COP(=O)(O)OC[C@@H](O)COP(=O)(O)OC[C@@H](COC(=O)CCCCCCCCC)OC(=O)CCCCCCCCCCCCC. The lowest BCUT2D eigenvalue weighted by Gasteiger charge is -2.21. The van der Waals surface area contributed by atoms with Crippen LogP contribution in [0.5, 0.6) is 0 Å². The summed E-state index contributed by atoms with van der Waals surface area (Å²) in [5.41, 5.74) is 0. The van der Waals surface area contributed by atoms with Gasteiger partial charge in [0, 0.05) is 25.7 Å². The van der Waals surface area contributed by atoms with E-state index in [-0.39, 0.29) is 25.7 Å². The van der Waals surface area contributed by atoms with E-state index in [1.165, 1.54) is 225 Å². The highest BCUT2D eigenvalue weighted by atomic mass is 31.2. The van der Waals surface area contributed by atoms with Crippen molar-refractivity contribution in [3.63, 3.8) is 0 Å². The molecule has 2 unspecified atom stereocenters. The van der Waals surface area contributed by atoms with Gasteiger partial charge in [-0.05, 0) is 25.7 Å². The molecule has 0 aliphatic rings. The zero-order chi connectivity index (χ0) is 69.7. The number of esters is 4. The number of rotatable bonds is 77. The van der Waals surface area contributed by atoms with Gasteiger partial charge in [-0.15, -0.1) is 0 Å². The molecular weight excluding hydrogens is 1250 g/mol. The Bertz CT molecular complexity index is 1810. The molecule has 564 valence electrons. The zero-order valence-corrected chi connectivity index (χ0v) is 63.4. The minimum Gasteiger partial charge on any atom is -0.462 e. The third-order valence-electron chi connectivity index (χ3n) is 17.9. The standard InChI is InChI=1S/C76H148O17P2/c1-5-9-13-17-21-24-27-29-31-32-33-34-35-36-37-39-41-44-47-51-55-59-63-76(81)93-72(67-87-74(79)61-57-53-49-45-43-40-38-30-28-25-22-18-14-10-6-2)69-91-95(84,85)89-65-70(77)64-88-94(82,83)90-68-71(66-86-73(78)60-56-52-48-20-16-12-8-4)92-75(80)62-58-54-50-46-42-26-23-19-15-11-7-3/h70-72,77H,5-69H2,1-4H3,(H,82,83)(H,84,85)/t70-,71+,72+/m0/s1. The van der Waals surface area contributed by atoms with Crippen molar-refractivity contribution in [1.82, 2.24) is 0 Å².